The Bertz CT molecular complexity index is 148. The van der Waals surface area contributed by atoms with Crippen molar-refractivity contribution < 1.29 is 0 Å². The Morgan fingerprint density at radius 2 is 2.09 bits per heavy atom. The second kappa shape index (κ2) is 16.0. The van der Waals surface area contributed by atoms with Crippen molar-refractivity contribution in [3.05, 3.63) is 30.7 Å². The molecule has 0 saturated heterocycles. The van der Waals surface area contributed by atoms with Crippen LogP contribution in [0.2, 0.25) is 0 Å². The van der Waals surface area contributed by atoms with E-state index in [0.29, 0.717) is 0 Å². The molecule has 0 aromatic rings. The lowest BCUT2D eigenvalue weighted by Gasteiger charge is -1.69. The second-order valence-electron chi connectivity index (χ2n) is 1.44. The molecule has 62 valence electrons. The van der Waals surface area contributed by atoms with Crippen molar-refractivity contribution >= 4 is 6.21 Å². The highest BCUT2D eigenvalue weighted by Crippen LogP contribution is 1.72. The van der Waals surface area contributed by atoms with Crippen molar-refractivity contribution in [2.45, 2.75) is 27.2 Å². The van der Waals surface area contributed by atoms with Crippen LogP contribution in [0.1, 0.15) is 27.2 Å². The molecule has 0 spiro atoms. The van der Waals surface area contributed by atoms with Crippen LogP contribution >= 0.6 is 0 Å². The van der Waals surface area contributed by atoms with E-state index in [2.05, 4.69) is 17.3 Å². The predicted molar refractivity (Wildman–Crippen MR) is 53.0 cm³/mol. The molecule has 0 rings (SSSR count). The summed E-state index contributed by atoms with van der Waals surface area (Å²) in [5.74, 6) is 0. The lowest BCUT2D eigenvalue weighted by molar-refractivity contribution is 1.31. The van der Waals surface area contributed by atoms with Crippen molar-refractivity contribution in [3.8, 4) is 0 Å². The molecule has 0 fully saturated rings. The molecule has 0 amide bonds. The minimum Gasteiger partial charge on any atom is -0.261 e. The summed E-state index contributed by atoms with van der Waals surface area (Å²) in [7, 11) is 0. The minimum atomic E-state index is 0.965. The number of allylic oxidation sites excluding steroid dienone is 2. The van der Waals surface area contributed by atoms with Gasteiger partial charge in [-0.3, -0.25) is 4.99 Å². The summed E-state index contributed by atoms with van der Waals surface area (Å²) in [4.78, 5) is 3.89. The molecule has 0 heterocycles. The molecule has 0 atom stereocenters. The highest BCUT2D eigenvalue weighted by atomic mass is 14.6. The van der Waals surface area contributed by atoms with Gasteiger partial charge in [0.25, 0.3) is 0 Å². The van der Waals surface area contributed by atoms with Gasteiger partial charge in [-0.15, -0.1) is 5.73 Å². The van der Waals surface area contributed by atoms with E-state index in [0.717, 1.165) is 6.42 Å². The van der Waals surface area contributed by atoms with Gasteiger partial charge in [-0.1, -0.05) is 33.4 Å². The Hall–Kier alpha value is -1.07. The van der Waals surface area contributed by atoms with Crippen molar-refractivity contribution in [1.82, 2.24) is 0 Å². The van der Waals surface area contributed by atoms with Crippen molar-refractivity contribution in [2.24, 2.45) is 4.99 Å². The van der Waals surface area contributed by atoms with Crippen molar-refractivity contribution in [3.63, 3.8) is 0 Å². The van der Waals surface area contributed by atoms with E-state index >= 15 is 0 Å². The first-order chi connectivity index (χ1) is 5.41. The van der Waals surface area contributed by atoms with Gasteiger partial charge in [-0.2, -0.15) is 0 Å². The first kappa shape index (κ1) is 12.6. The van der Waals surface area contributed by atoms with Crippen LogP contribution in [0.3, 0.4) is 0 Å². The Labute approximate surface area is 69.9 Å². The Kier molecular flexibility index (Phi) is 18.3. The first-order valence-electron chi connectivity index (χ1n) is 3.95. The lowest BCUT2D eigenvalue weighted by Crippen LogP contribution is -1.60. The third kappa shape index (κ3) is 17.6. The number of rotatable bonds is 3. The number of nitrogens with zero attached hydrogens (tertiary/aromatic N) is 1. The summed E-state index contributed by atoms with van der Waals surface area (Å²) in [5, 5.41) is 0. The lowest BCUT2D eigenvalue weighted by atomic mass is 10.5. The Balaban J connectivity index is 0. The normalized spacial score (nSPS) is 7.55. The monoisotopic (exact) mass is 151 g/mol. The predicted octanol–water partition coefficient (Wildman–Crippen LogP) is 3.35. The summed E-state index contributed by atoms with van der Waals surface area (Å²) < 4.78 is 0. The third-order valence-corrected chi connectivity index (χ3v) is 0.651. The SMILES string of the molecule is C=CC=C=CN=CCC.CC. The summed E-state index contributed by atoms with van der Waals surface area (Å²) in [6.07, 6.45) is 7.78. The maximum absolute atomic E-state index is 3.89. The summed E-state index contributed by atoms with van der Waals surface area (Å²) >= 11 is 0. The van der Waals surface area contributed by atoms with Crippen LogP contribution in [-0.2, 0) is 0 Å². The molecule has 0 radical (unpaired) electrons. The van der Waals surface area contributed by atoms with E-state index in [1.807, 2.05) is 27.0 Å². The number of aliphatic imine (C=N–C) groups is 1. The molecular formula is C10H17N. The molecule has 0 unspecified atom stereocenters. The molecule has 0 bridgehead atoms. The Morgan fingerprint density at radius 1 is 1.45 bits per heavy atom. The molecule has 0 aliphatic heterocycles. The van der Waals surface area contributed by atoms with Gasteiger partial charge in [0, 0.05) is 6.21 Å². The van der Waals surface area contributed by atoms with Gasteiger partial charge in [-0.25, -0.2) is 0 Å². The zero-order chi connectivity index (χ0) is 8.95. The molecule has 0 aromatic heterocycles. The van der Waals surface area contributed by atoms with Gasteiger partial charge in [-0.05, 0) is 12.5 Å². The highest BCUT2D eigenvalue weighted by Gasteiger charge is 1.58. The van der Waals surface area contributed by atoms with E-state index in [1.54, 1.807) is 18.4 Å². The van der Waals surface area contributed by atoms with Crippen LogP contribution in [0.5, 0.6) is 0 Å². The van der Waals surface area contributed by atoms with Gasteiger partial charge in [0.15, 0.2) is 0 Å². The molecular weight excluding hydrogens is 134 g/mol. The van der Waals surface area contributed by atoms with Gasteiger partial charge >= 0.3 is 0 Å². The third-order valence-electron chi connectivity index (χ3n) is 0.651. The van der Waals surface area contributed by atoms with Crippen molar-refractivity contribution in [2.75, 3.05) is 0 Å². The average molecular weight is 151 g/mol. The number of hydrogen-bond acceptors (Lipinski definition) is 1. The molecule has 0 N–H and O–H groups in total. The first-order valence-corrected chi connectivity index (χ1v) is 3.95. The van der Waals surface area contributed by atoms with Crippen LogP contribution in [-0.4, -0.2) is 6.21 Å². The quantitative estimate of drug-likeness (QED) is 0.333. The summed E-state index contributed by atoms with van der Waals surface area (Å²) in [5.41, 5.74) is 2.80. The highest BCUT2D eigenvalue weighted by molar-refractivity contribution is 5.57. The van der Waals surface area contributed by atoms with Crippen LogP contribution in [0, 0.1) is 0 Å². The molecule has 1 nitrogen and oxygen atoms in total. The maximum Gasteiger partial charge on any atom is 0.0682 e. The smallest absolute Gasteiger partial charge is 0.0682 e. The summed E-state index contributed by atoms with van der Waals surface area (Å²) in [6, 6.07) is 0. The van der Waals surface area contributed by atoms with Gasteiger partial charge in [0.2, 0.25) is 0 Å². The van der Waals surface area contributed by atoms with Gasteiger partial charge < -0.3 is 0 Å². The zero-order valence-corrected chi connectivity index (χ0v) is 7.67. The van der Waals surface area contributed by atoms with E-state index in [1.165, 1.54) is 0 Å². The van der Waals surface area contributed by atoms with Crippen LogP contribution in [0.15, 0.2) is 35.7 Å². The minimum absolute atomic E-state index is 0.965. The van der Waals surface area contributed by atoms with E-state index in [4.69, 9.17) is 0 Å². The molecule has 0 aromatic carbocycles. The molecule has 0 aliphatic carbocycles. The fraction of sp³-hybridized carbons (Fsp3) is 0.400. The summed E-state index contributed by atoms with van der Waals surface area (Å²) in [6.45, 7) is 9.52. The van der Waals surface area contributed by atoms with Gasteiger partial charge in [0.1, 0.15) is 0 Å². The largest absolute Gasteiger partial charge is 0.261 e. The average Bonchev–Trinajstić information content (AvgIpc) is 2.08. The topological polar surface area (TPSA) is 12.4 Å². The Morgan fingerprint density at radius 3 is 2.55 bits per heavy atom. The maximum atomic E-state index is 3.89. The molecule has 0 saturated carbocycles. The van der Waals surface area contributed by atoms with Gasteiger partial charge in [0.05, 0.1) is 6.20 Å². The van der Waals surface area contributed by atoms with E-state index < -0.39 is 0 Å². The van der Waals surface area contributed by atoms with Crippen molar-refractivity contribution in [1.29, 1.82) is 0 Å². The van der Waals surface area contributed by atoms with Crippen LogP contribution in [0.25, 0.3) is 0 Å². The van der Waals surface area contributed by atoms with Crippen LogP contribution < -0.4 is 0 Å². The van der Waals surface area contributed by atoms with Crippen LogP contribution in [0.4, 0.5) is 0 Å². The van der Waals surface area contributed by atoms with E-state index in [9.17, 15) is 0 Å². The number of hydrogen-bond donors (Lipinski definition) is 0. The molecule has 0 aliphatic rings. The fourth-order valence-electron chi connectivity index (χ4n) is 0.312. The molecule has 11 heavy (non-hydrogen) atoms. The van der Waals surface area contributed by atoms with E-state index in [-0.39, 0.29) is 0 Å². The zero-order valence-electron chi connectivity index (χ0n) is 7.67. The standard InChI is InChI=1S/C8H11N.C2H6/c1-3-5-6-8-9-7-4-2;1-2/h3,5,7-8H,1,4H2,2H3;1-2H3. The molecule has 1 heteroatoms. The fourth-order valence-corrected chi connectivity index (χ4v) is 0.312. The second-order valence-corrected chi connectivity index (χ2v) is 1.44.